The fourth-order valence-corrected chi connectivity index (χ4v) is 2.44. The van der Waals surface area contributed by atoms with Crippen LogP contribution < -0.4 is 0 Å². The van der Waals surface area contributed by atoms with Gasteiger partial charge in [0.1, 0.15) is 0 Å². The summed E-state index contributed by atoms with van der Waals surface area (Å²) in [6.45, 7) is 6.88. The molecule has 4 nitrogen and oxygen atoms in total. The molecule has 0 saturated carbocycles. The SMILES string of the molecule is Cc1ccc(C#CCN2CCCN(C)CC2)cc1C(=O)O. The van der Waals surface area contributed by atoms with Gasteiger partial charge in [-0.05, 0) is 44.6 Å². The van der Waals surface area contributed by atoms with Gasteiger partial charge in [0.25, 0.3) is 0 Å². The van der Waals surface area contributed by atoms with Crippen molar-refractivity contribution in [1.82, 2.24) is 9.80 Å². The van der Waals surface area contributed by atoms with Crippen LogP contribution in [0, 0.1) is 18.8 Å². The van der Waals surface area contributed by atoms with Gasteiger partial charge in [-0.1, -0.05) is 17.9 Å². The molecule has 0 bridgehead atoms. The Balaban J connectivity index is 1.99. The molecule has 0 amide bonds. The lowest BCUT2D eigenvalue weighted by atomic mass is 10.1. The maximum Gasteiger partial charge on any atom is 0.335 e. The molecule has 0 radical (unpaired) electrons. The third kappa shape index (κ3) is 4.59. The number of carboxylic acids is 1. The van der Waals surface area contributed by atoms with Gasteiger partial charge < -0.3 is 10.0 Å². The molecule has 0 aromatic heterocycles. The Bertz CT molecular complexity index is 572. The maximum atomic E-state index is 11.1. The molecule has 1 heterocycles. The fraction of sp³-hybridized carbons (Fsp3) is 0.471. The summed E-state index contributed by atoms with van der Waals surface area (Å²) in [6.07, 6.45) is 1.17. The summed E-state index contributed by atoms with van der Waals surface area (Å²) in [6, 6.07) is 5.35. The molecule has 1 aromatic rings. The summed E-state index contributed by atoms with van der Waals surface area (Å²) in [5.74, 6) is 5.34. The third-order valence-corrected chi connectivity index (χ3v) is 3.82. The lowest BCUT2D eigenvalue weighted by Crippen LogP contribution is -2.29. The van der Waals surface area contributed by atoms with Crippen molar-refractivity contribution in [2.24, 2.45) is 0 Å². The molecule has 1 N–H and O–H groups in total. The van der Waals surface area contributed by atoms with E-state index in [1.807, 2.05) is 12.1 Å². The van der Waals surface area contributed by atoms with Crippen LogP contribution in [0.3, 0.4) is 0 Å². The highest BCUT2D eigenvalue weighted by molar-refractivity contribution is 5.89. The third-order valence-electron chi connectivity index (χ3n) is 3.82. The van der Waals surface area contributed by atoms with E-state index >= 15 is 0 Å². The number of carbonyl (C=O) groups is 1. The zero-order valence-corrected chi connectivity index (χ0v) is 12.7. The van der Waals surface area contributed by atoms with Crippen LogP contribution >= 0.6 is 0 Å². The zero-order chi connectivity index (χ0) is 15.2. The van der Waals surface area contributed by atoms with E-state index < -0.39 is 5.97 Å². The first-order valence-corrected chi connectivity index (χ1v) is 7.30. The summed E-state index contributed by atoms with van der Waals surface area (Å²) in [5.41, 5.74) is 1.87. The van der Waals surface area contributed by atoms with Crippen molar-refractivity contribution >= 4 is 5.97 Å². The number of benzene rings is 1. The monoisotopic (exact) mass is 286 g/mol. The number of aromatic carboxylic acids is 1. The highest BCUT2D eigenvalue weighted by atomic mass is 16.4. The summed E-state index contributed by atoms with van der Waals surface area (Å²) in [5, 5.41) is 9.11. The molecule has 1 fully saturated rings. The number of aryl methyl sites for hydroxylation is 1. The van der Waals surface area contributed by atoms with E-state index in [2.05, 4.69) is 28.7 Å². The first-order chi connectivity index (χ1) is 10.1. The van der Waals surface area contributed by atoms with Crippen molar-refractivity contribution in [3.8, 4) is 11.8 Å². The van der Waals surface area contributed by atoms with E-state index in [0.29, 0.717) is 5.56 Å². The summed E-state index contributed by atoms with van der Waals surface area (Å²) >= 11 is 0. The minimum absolute atomic E-state index is 0.332. The Labute approximate surface area is 126 Å². The molecule has 0 atom stereocenters. The Morgan fingerprint density at radius 2 is 2.10 bits per heavy atom. The van der Waals surface area contributed by atoms with E-state index in [-0.39, 0.29) is 0 Å². The van der Waals surface area contributed by atoms with Crippen molar-refractivity contribution in [2.75, 3.05) is 39.8 Å². The second kappa shape index (κ2) is 7.26. The predicted molar refractivity (Wildman–Crippen MR) is 83.6 cm³/mol. The molecule has 0 spiro atoms. The van der Waals surface area contributed by atoms with Gasteiger partial charge in [0, 0.05) is 25.2 Å². The lowest BCUT2D eigenvalue weighted by Gasteiger charge is -2.16. The van der Waals surface area contributed by atoms with Crippen LogP contribution in [0.1, 0.15) is 27.9 Å². The van der Waals surface area contributed by atoms with Crippen molar-refractivity contribution < 1.29 is 9.90 Å². The van der Waals surface area contributed by atoms with Gasteiger partial charge in [0.05, 0.1) is 12.1 Å². The van der Waals surface area contributed by atoms with E-state index in [1.54, 1.807) is 13.0 Å². The number of hydrogen-bond acceptors (Lipinski definition) is 3. The van der Waals surface area contributed by atoms with E-state index in [9.17, 15) is 4.79 Å². The first kappa shape index (κ1) is 15.6. The van der Waals surface area contributed by atoms with Crippen LogP contribution in [0.15, 0.2) is 18.2 Å². The molecule has 0 aliphatic carbocycles. The quantitative estimate of drug-likeness (QED) is 0.840. The molecular formula is C17H22N2O2. The molecule has 4 heteroatoms. The van der Waals surface area contributed by atoms with Gasteiger partial charge in [-0.3, -0.25) is 4.90 Å². The van der Waals surface area contributed by atoms with Crippen LogP contribution in [0.5, 0.6) is 0 Å². The molecular weight excluding hydrogens is 264 g/mol. The maximum absolute atomic E-state index is 11.1. The number of likely N-dealkylation sites (N-methyl/N-ethyl adjacent to an activating group) is 1. The molecule has 1 aliphatic rings. The smallest absolute Gasteiger partial charge is 0.335 e. The largest absolute Gasteiger partial charge is 0.478 e. The standard InChI is InChI=1S/C17H22N2O2/c1-14-6-7-15(13-16(14)17(20)21)5-3-9-19-10-4-8-18(2)11-12-19/h6-7,13H,4,8-12H2,1-2H3,(H,20,21). The number of hydrogen-bond donors (Lipinski definition) is 1. The van der Waals surface area contributed by atoms with Gasteiger partial charge >= 0.3 is 5.97 Å². The van der Waals surface area contributed by atoms with Crippen LogP contribution in [0.25, 0.3) is 0 Å². The molecule has 1 aliphatic heterocycles. The van der Waals surface area contributed by atoms with Gasteiger partial charge in [0.15, 0.2) is 0 Å². The van der Waals surface area contributed by atoms with E-state index in [4.69, 9.17) is 5.11 Å². The first-order valence-electron chi connectivity index (χ1n) is 7.30. The van der Waals surface area contributed by atoms with Crippen molar-refractivity contribution in [3.63, 3.8) is 0 Å². The van der Waals surface area contributed by atoms with Crippen LogP contribution in [0.2, 0.25) is 0 Å². The summed E-state index contributed by atoms with van der Waals surface area (Å²) < 4.78 is 0. The van der Waals surface area contributed by atoms with Gasteiger partial charge in [0.2, 0.25) is 0 Å². The highest BCUT2D eigenvalue weighted by Gasteiger charge is 2.10. The van der Waals surface area contributed by atoms with Crippen molar-refractivity contribution in [2.45, 2.75) is 13.3 Å². The molecule has 1 aromatic carbocycles. The van der Waals surface area contributed by atoms with Crippen LogP contribution in [-0.4, -0.2) is 60.6 Å². The van der Waals surface area contributed by atoms with E-state index in [1.165, 1.54) is 6.42 Å². The number of rotatable bonds is 2. The lowest BCUT2D eigenvalue weighted by molar-refractivity contribution is 0.0696. The van der Waals surface area contributed by atoms with Crippen molar-refractivity contribution in [1.29, 1.82) is 0 Å². The number of nitrogens with zero attached hydrogens (tertiary/aromatic N) is 2. The molecule has 2 rings (SSSR count). The second-order valence-electron chi connectivity index (χ2n) is 5.57. The summed E-state index contributed by atoms with van der Waals surface area (Å²) in [4.78, 5) is 15.8. The van der Waals surface area contributed by atoms with Gasteiger partial charge in [-0.25, -0.2) is 4.79 Å². The van der Waals surface area contributed by atoms with Crippen LogP contribution in [-0.2, 0) is 0 Å². The highest BCUT2D eigenvalue weighted by Crippen LogP contribution is 2.10. The fourth-order valence-electron chi connectivity index (χ4n) is 2.44. The Kier molecular flexibility index (Phi) is 5.38. The minimum atomic E-state index is -0.897. The zero-order valence-electron chi connectivity index (χ0n) is 12.7. The Hall–Kier alpha value is -1.83. The Morgan fingerprint density at radius 1 is 1.29 bits per heavy atom. The van der Waals surface area contributed by atoms with E-state index in [0.717, 1.165) is 43.9 Å². The topological polar surface area (TPSA) is 43.8 Å². The molecule has 1 saturated heterocycles. The summed E-state index contributed by atoms with van der Waals surface area (Å²) in [7, 11) is 2.15. The number of carboxylic acid groups (broad SMARTS) is 1. The van der Waals surface area contributed by atoms with Gasteiger partial charge in [-0.2, -0.15) is 0 Å². The molecule has 0 unspecified atom stereocenters. The Morgan fingerprint density at radius 3 is 2.86 bits per heavy atom. The minimum Gasteiger partial charge on any atom is -0.478 e. The predicted octanol–water partition coefficient (Wildman–Crippen LogP) is 1.68. The second-order valence-corrected chi connectivity index (χ2v) is 5.57. The van der Waals surface area contributed by atoms with Gasteiger partial charge in [-0.15, -0.1) is 0 Å². The molecule has 112 valence electrons. The van der Waals surface area contributed by atoms with Crippen molar-refractivity contribution in [3.05, 3.63) is 34.9 Å². The normalized spacial score (nSPS) is 16.9. The molecule has 21 heavy (non-hydrogen) atoms. The van der Waals surface area contributed by atoms with Crippen LogP contribution in [0.4, 0.5) is 0 Å². The average molecular weight is 286 g/mol. The average Bonchev–Trinajstić information content (AvgIpc) is 2.65.